The van der Waals surface area contributed by atoms with Crippen molar-refractivity contribution in [2.75, 3.05) is 45.9 Å². The van der Waals surface area contributed by atoms with Crippen LogP contribution in [0.15, 0.2) is 93.5 Å². The van der Waals surface area contributed by atoms with Gasteiger partial charge in [-0.3, -0.25) is 13.9 Å². The third-order valence-corrected chi connectivity index (χ3v) is 8.33. The molecule has 4 aromatic rings. The number of nitrogens with zero attached hydrogens (tertiary/aromatic N) is 2. The zero-order chi connectivity index (χ0) is 33.8. The molecule has 0 saturated carbocycles. The van der Waals surface area contributed by atoms with Gasteiger partial charge >= 0.3 is 0 Å². The SMILES string of the molecule is COc1ccc(OC)c(N(CC(=O)N/N=C\c2ccc(OCC(=O)NCc3ccco3)cc2)S(=O)(=O)c2ccc(OC)c(OC)c2)c1. The van der Waals surface area contributed by atoms with Gasteiger partial charge in [-0.05, 0) is 66.2 Å². The lowest BCUT2D eigenvalue weighted by Crippen LogP contribution is -2.39. The number of hydrogen-bond donors (Lipinski definition) is 2. The lowest BCUT2D eigenvalue weighted by molar-refractivity contribution is -0.123. The summed E-state index contributed by atoms with van der Waals surface area (Å²) in [6.07, 6.45) is 2.89. The van der Waals surface area contributed by atoms with E-state index in [9.17, 15) is 18.0 Å². The number of hydrazone groups is 1. The number of sulfonamides is 1. The zero-order valence-corrected chi connectivity index (χ0v) is 26.9. The highest BCUT2D eigenvalue weighted by Crippen LogP contribution is 2.37. The Kier molecular flexibility index (Phi) is 11.7. The van der Waals surface area contributed by atoms with Crippen molar-refractivity contribution in [3.63, 3.8) is 0 Å². The molecule has 0 radical (unpaired) electrons. The monoisotopic (exact) mass is 666 g/mol. The standard InChI is InChI=1S/C32H34N4O10S/c1-41-24-11-13-28(42-2)27(16-24)36(47(39,40)26-12-14-29(43-3)30(17-26)44-4)20-31(37)35-34-18-22-7-9-23(10-8-22)46-21-32(38)33-19-25-6-5-15-45-25/h5-18H,19-21H2,1-4H3,(H,33,38)(H,35,37)/b34-18-. The van der Waals surface area contributed by atoms with Crippen LogP contribution in [0.4, 0.5) is 5.69 Å². The molecule has 0 atom stereocenters. The second-order valence-electron chi connectivity index (χ2n) is 9.57. The number of benzene rings is 3. The molecule has 0 aliphatic heterocycles. The van der Waals surface area contributed by atoms with Crippen LogP contribution in [0.1, 0.15) is 11.3 Å². The van der Waals surface area contributed by atoms with E-state index < -0.39 is 22.5 Å². The van der Waals surface area contributed by atoms with Crippen molar-refractivity contribution >= 4 is 33.7 Å². The molecule has 0 aliphatic rings. The molecule has 3 aromatic carbocycles. The molecular formula is C32H34N4O10S. The van der Waals surface area contributed by atoms with Crippen LogP contribution in [0.25, 0.3) is 0 Å². The summed E-state index contributed by atoms with van der Waals surface area (Å²) in [6, 6.07) is 18.7. The number of ether oxygens (including phenoxy) is 5. The van der Waals surface area contributed by atoms with Gasteiger partial charge in [0, 0.05) is 12.1 Å². The zero-order valence-electron chi connectivity index (χ0n) is 26.1. The Balaban J connectivity index is 1.45. The second kappa shape index (κ2) is 16.0. The molecule has 248 valence electrons. The maximum atomic E-state index is 14.0. The molecule has 4 rings (SSSR count). The average Bonchev–Trinajstić information content (AvgIpc) is 3.62. The van der Waals surface area contributed by atoms with Gasteiger partial charge < -0.3 is 33.4 Å². The van der Waals surface area contributed by atoms with Gasteiger partial charge in [-0.15, -0.1) is 0 Å². The largest absolute Gasteiger partial charge is 0.497 e. The summed E-state index contributed by atoms with van der Waals surface area (Å²) >= 11 is 0. The third kappa shape index (κ3) is 8.94. The van der Waals surface area contributed by atoms with Crippen LogP contribution < -0.4 is 38.7 Å². The van der Waals surface area contributed by atoms with Crippen molar-refractivity contribution in [3.05, 3.63) is 90.4 Å². The number of amides is 2. The van der Waals surface area contributed by atoms with E-state index >= 15 is 0 Å². The summed E-state index contributed by atoms with van der Waals surface area (Å²) in [7, 11) is 1.25. The summed E-state index contributed by atoms with van der Waals surface area (Å²) in [4.78, 5) is 24.9. The Morgan fingerprint density at radius 2 is 1.53 bits per heavy atom. The van der Waals surface area contributed by atoms with Crippen LogP contribution >= 0.6 is 0 Å². The van der Waals surface area contributed by atoms with E-state index in [1.165, 1.54) is 71.2 Å². The summed E-state index contributed by atoms with van der Waals surface area (Å²) < 4.78 is 60.8. The van der Waals surface area contributed by atoms with Crippen molar-refractivity contribution in [1.82, 2.24) is 10.7 Å². The molecule has 2 N–H and O–H groups in total. The van der Waals surface area contributed by atoms with Gasteiger partial charge in [-0.1, -0.05) is 0 Å². The van der Waals surface area contributed by atoms with Gasteiger partial charge in [0.15, 0.2) is 18.1 Å². The molecule has 0 aliphatic carbocycles. The number of carbonyl (C=O) groups excluding carboxylic acids is 2. The molecule has 15 heteroatoms. The second-order valence-corrected chi connectivity index (χ2v) is 11.4. The Morgan fingerprint density at radius 3 is 2.19 bits per heavy atom. The number of anilines is 1. The first kappa shape index (κ1) is 34.2. The van der Waals surface area contributed by atoms with E-state index in [4.69, 9.17) is 28.1 Å². The highest BCUT2D eigenvalue weighted by molar-refractivity contribution is 7.92. The number of nitrogens with one attached hydrogen (secondary N) is 2. The molecule has 0 bridgehead atoms. The summed E-state index contributed by atoms with van der Waals surface area (Å²) in [5.41, 5.74) is 3.02. The van der Waals surface area contributed by atoms with Crippen LogP contribution in [-0.2, 0) is 26.2 Å². The van der Waals surface area contributed by atoms with Gasteiger partial charge in [0.1, 0.15) is 29.6 Å². The van der Waals surface area contributed by atoms with E-state index in [1.807, 2.05) is 0 Å². The third-order valence-electron chi connectivity index (χ3n) is 6.58. The normalized spacial score (nSPS) is 11.1. The Morgan fingerprint density at radius 1 is 0.830 bits per heavy atom. The molecule has 0 saturated heterocycles. The number of hydrogen-bond acceptors (Lipinski definition) is 11. The Bertz CT molecular complexity index is 1790. The smallest absolute Gasteiger partial charge is 0.265 e. The van der Waals surface area contributed by atoms with Crippen LogP contribution in [0.5, 0.6) is 28.7 Å². The molecule has 47 heavy (non-hydrogen) atoms. The predicted molar refractivity (Wildman–Crippen MR) is 172 cm³/mol. The van der Waals surface area contributed by atoms with E-state index in [1.54, 1.807) is 42.5 Å². The van der Waals surface area contributed by atoms with Crippen LogP contribution in [0.2, 0.25) is 0 Å². The quantitative estimate of drug-likeness (QED) is 0.134. The van der Waals surface area contributed by atoms with E-state index in [-0.39, 0.29) is 41.1 Å². The Hall–Kier alpha value is -5.70. The maximum Gasteiger partial charge on any atom is 0.265 e. The number of rotatable bonds is 16. The van der Waals surface area contributed by atoms with Gasteiger partial charge in [-0.25, -0.2) is 13.8 Å². The predicted octanol–water partition coefficient (Wildman–Crippen LogP) is 3.35. The van der Waals surface area contributed by atoms with Crippen molar-refractivity contribution in [3.8, 4) is 28.7 Å². The van der Waals surface area contributed by atoms with E-state index in [0.29, 0.717) is 28.6 Å². The molecule has 0 spiro atoms. The van der Waals surface area contributed by atoms with Crippen LogP contribution in [-0.4, -0.2) is 68.0 Å². The number of carbonyl (C=O) groups is 2. The first-order valence-electron chi connectivity index (χ1n) is 14.0. The number of furan rings is 1. The first-order valence-corrected chi connectivity index (χ1v) is 15.4. The lowest BCUT2D eigenvalue weighted by Gasteiger charge is -2.26. The van der Waals surface area contributed by atoms with Crippen molar-refractivity contribution < 1.29 is 46.1 Å². The minimum absolute atomic E-state index is 0.0611. The molecule has 14 nitrogen and oxygen atoms in total. The van der Waals surface area contributed by atoms with E-state index in [0.717, 1.165) is 4.31 Å². The van der Waals surface area contributed by atoms with Crippen LogP contribution in [0.3, 0.4) is 0 Å². The molecular weight excluding hydrogens is 632 g/mol. The van der Waals surface area contributed by atoms with Gasteiger partial charge in [0.2, 0.25) is 0 Å². The van der Waals surface area contributed by atoms with Gasteiger partial charge in [0.25, 0.3) is 21.8 Å². The minimum Gasteiger partial charge on any atom is -0.497 e. The van der Waals surface area contributed by atoms with Gasteiger partial charge in [0.05, 0.1) is 58.0 Å². The fraction of sp³-hybridized carbons (Fsp3) is 0.219. The molecule has 0 fully saturated rings. The molecule has 1 heterocycles. The topological polar surface area (TPSA) is 167 Å². The molecule has 0 unspecified atom stereocenters. The van der Waals surface area contributed by atoms with Crippen molar-refractivity contribution in [1.29, 1.82) is 0 Å². The fourth-order valence-corrected chi connectivity index (χ4v) is 5.63. The van der Waals surface area contributed by atoms with Crippen molar-refractivity contribution in [2.45, 2.75) is 11.4 Å². The highest BCUT2D eigenvalue weighted by Gasteiger charge is 2.31. The average molecular weight is 667 g/mol. The Labute approximate surface area is 271 Å². The molecule has 1 aromatic heterocycles. The lowest BCUT2D eigenvalue weighted by atomic mass is 10.2. The molecule has 2 amide bonds. The number of methoxy groups -OCH3 is 4. The summed E-state index contributed by atoms with van der Waals surface area (Å²) in [5, 5.41) is 6.65. The van der Waals surface area contributed by atoms with Gasteiger partial charge in [-0.2, -0.15) is 5.10 Å². The fourth-order valence-electron chi connectivity index (χ4n) is 4.19. The summed E-state index contributed by atoms with van der Waals surface area (Å²) in [5.74, 6) is 1.06. The van der Waals surface area contributed by atoms with E-state index in [2.05, 4.69) is 15.8 Å². The van der Waals surface area contributed by atoms with Crippen molar-refractivity contribution in [2.24, 2.45) is 5.10 Å². The highest BCUT2D eigenvalue weighted by atomic mass is 32.2. The van der Waals surface area contributed by atoms with Crippen LogP contribution in [0, 0.1) is 0 Å². The first-order chi connectivity index (χ1) is 22.7. The maximum absolute atomic E-state index is 14.0. The summed E-state index contributed by atoms with van der Waals surface area (Å²) in [6.45, 7) is -0.597. The minimum atomic E-state index is -4.37.